The smallest absolute Gasteiger partial charge is 0.326 e. The SMILES string of the molecule is CCC(C)[C@H](NC(=O)N[C@@H](CCC(=O)O)C(=O)O)c1nc([C@@H](N)CCC(N)=O)no1. The first-order chi connectivity index (χ1) is 14.0. The van der Waals surface area contributed by atoms with Crippen LogP contribution >= 0.6 is 0 Å². The van der Waals surface area contributed by atoms with Crippen LogP contribution in [0.1, 0.15) is 69.8 Å². The Kier molecular flexibility index (Phi) is 9.68. The minimum atomic E-state index is -1.38. The van der Waals surface area contributed by atoms with Gasteiger partial charge < -0.3 is 36.8 Å². The summed E-state index contributed by atoms with van der Waals surface area (Å²) >= 11 is 0. The first kappa shape index (κ1) is 24.8. The van der Waals surface area contributed by atoms with Crippen LogP contribution in [0.2, 0.25) is 0 Å². The number of aromatic nitrogens is 2. The van der Waals surface area contributed by atoms with Crippen LogP contribution in [0.25, 0.3) is 0 Å². The number of nitrogens with zero attached hydrogens (tertiary/aromatic N) is 2. The molecule has 168 valence electrons. The highest BCUT2D eigenvalue weighted by Gasteiger charge is 2.29. The second-order valence-corrected chi connectivity index (χ2v) is 6.91. The van der Waals surface area contributed by atoms with Gasteiger partial charge in [-0.2, -0.15) is 4.98 Å². The molecular formula is C17H28N6O7. The molecule has 0 spiro atoms. The molecule has 1 heterocycles. The topological polar surface area (TPSA) is 224 Å². The third-order valence-electron chi connectivity index (χ3n) is 4.51. The number of urea groups is 1. The second kappa shape index (κ2) is 11.7. The minimum absolute atomic E-state index is 0.0490. The lowest BCUT2D eigenvalue weighted by Gasteiger charge is -2.22. The molecule has 1 rings (SSSR count). The number of amides is 3. The summed E-state index contributed by atoms with van der Waals surface area (Å²) in [6.07, 6.45) is 0.207. The molecule has 8 N–H and O–H groups in total. The third-order valence-corrected chi connectivity index (χ3v) is 4.51. The molecule has 3 amide bonds. The van der Waals surface area contributed by atoms with Crippen LogP contribution in [-0.4, -0.2) is 50.3 Å². The van der Waals surface area contributed by atoms with Gasteiger partial charge in [0.2, 0.25) is 11.8 Å². The third kappa shape index (κ3) is 8.03. The predicted octanol–water partition coefficient (Wildman–Crippen LogP) is 0.0393. The Bertz CT molecular complexity index is 753. The first-order valence-corrected chi connectivity index (χ1v) is 9.44. The Morgan fingerprint density at radius 3 is 2.33 bits per heavy atom. The molecule has 0 bridgehead atoms. The molecule has 0 saturated heterocycles. The average Bonchev–Trinajstić information content (AvgIpc) is 3.16. The summed E-state index contributed by atoms with van der Waals surface area (Å²) in [7, 11) is 0. The molecule has 0 aromatic carbocycles. The minimum Gasteiger partial charge on any atom is -0.481 e. The maximum absolute atomic E-state index is 12.3. The fourth-order valence-corrected chi connectivity index (χ4v) is 2.50. The number of carboxylic acid groups (broad SMARTS) is 2. The van der Waals surface area contributed by atoms with E-state index in [-0.39, 0.29) is 36.9 Å². The zero-order valence-electron chi connectivity index (χ0n) is 16.8. The van der Waals surface area contributed by atoms with Gasteiger partial charge in [-0.05, 0) is 18.8 Å². The number of carboxylic acids is 2. The van der Waals surface area contributed by atoms with Crippen LogP contribution in [0.4, 0.5) is 4.79 Å². The molecule has 4 atom stereocenters. The van der Waals surface area contributed by atoms with Gasteiger partial charge in [-0.1, -0.05) is 25.4 Å². The largest absolute Gasteiger partial charge is 0.481 e. The number of aliphatic carboxylic acids is 2. The number of rotatable bonds is 13. The van der Waals surface area contributed by atoms with Crippen LogP contribution in [0.15, 0.2) is 4.52 Å². The summed E-state index contributed by atoms with van der Waals surface area (Å²) in [5.41, 5.74) is 11.0. The van der Waals surface area contributed by atoms with E-state index in [1.807, 2.05) is 13.8 Å². The monoisotopic (exact) mass is 428 g/mol. The Labute approximate surface area is 172 Å². The zero-order chi connectivity index (χ0) is 22.8. The molecule has 1 unspecified atom stereocenters. The number of carbonyl (C=O) groups is 4. The molecule has 0 aliphatic carbocycles. The van der Waals surface area contributed by atoms with Crippen molar-refractivity contribution in [3.8, 4) is 0 Å². The average molecular weight is 428 g/mol. The molecule has 13 heteroatoms. The van der Waals surface area contributed by atoms with Crippen molar-refractivity contribution in [2.75, 3.05) is 0 Å². The predicted molar refractivity (Wildman–Crippen MR) is 102 cm³/mol. The fourth-order valence-electron chi connectivity index (χ4n) is 2.50. The number of carbonyl (C=O) groups excluding carboxylic acids is 2. The molecule has 0 aliphatic rings. The lowest BCUT2D eigenvalue weighted by molar-refractivity contribution is -0.140. The fraction of sp³-hybridized carbons (Fsp3) is 0.647. The van der Waals surface area contributed by atoms with Gasteiger partial charge in [0.15, 0.2) is 5.82 Å². The van der Waals surface area contributed by atoms with Crippen LogP contribution in [0.3, 0.4) is 0 Å². The zero-order valence-corrected chi connectivity index (χ0v) is 16.8. The van der Waals surface area contributed by atoms with Crippen LogP contribution in [0, 0.1) is 5.92 Å². The summed E-state index contributed by atoms with van der Waals surface area (Å²) < 4.78 is 5.22. The van der Waals surface area contributed by atoms with Crippen molar-refractivity contribution in [3.05, 3.63) is 11.7 Å². The molecule has 0 fully saturated rings. The molecule has 1 aromatic rings. The molecular weight excluding hydrogens is 400 g/mol. The van der Waals surface area contributed by atoms with Gasteiger partial charge in [-0.3, -0.25) is 9.59 Å². The van der Waals surface area contributed by atoms with Crippen molar-refractivity contribution < 1.29 is 33.9 Å². The molecule has 0 radical (unpaired) electrons. The Morgan fingerprint density at radius 1 is 1.13 bits per heavy atom. The van der Waals surface area contributed by atoms with Crippen molar-refractivity contribution in [2.45, 2.75) is 64.1 Å². The quantitative estimate of drug-likeness (QED) is 0.247. The van der Waals surface area contributed by atoms with Crippen LogP contribution < -0.4 is 22.1 Å². The van der Waals surface area contributed by atoms with E-state index in [2.05, 4.69) is 20.8 Å². The summed E-state index contributed by atoms with van der Waals surface area (Å²) in [4.78, 5) is 49.3. The van der Waals surface area contributed by atoms with E-state index in [1.54, 1.807) is 0 Å². The van der Waals surface area contributed by atoms with Gasteiger partial charge in [-0.25, -0.2) is 9.59 Å². The van der Waals surface area contributed by atoms with Crippen molar-refractivity contribution in [3.63, 3.8) is 0 Å². The summed E-state index contributed by atoms with van der Waals surface area (Å²) in [5, 5.41) is 26.5. The summed E-state index contributed by atoms with van der Waals surface area (Å²) in [6.45, 7) is 3.70. The van der Waals surface area contributed by atoms with E-state index in [9.17, 15) is 24.3 Å². The van der Waals surface area contributed by atoms with Gasteiger partial charge in [0.25, 0.3) is 0 Å². The van der Waals surface area contributed by atoms with Gasteiger partial charge in [0.05, 0.1) is 6.04 Å². The van der Waals surface area contributed by atoms with Crippen molar-refractivity contribution >= 4 is 23.9 Å². The first-order valence-electron chi connectivity index (χ1n) is 9.44. The summed E-state index contributed by atoms with van der Waals surface area (Å²) in [5.74, 6) is -2.99. The van der Waals surface area contributed by atoms with Crippen molar-refractivity contribution in [1.29, 1.82) is 0 Å². The second-order valence-electron chi connectivity index (χ2n) is 6.91. The van der Waals surface area contributed by atoms with E-state index >= 15 is 0 Å². The Morgan fingerprint density at radius 2 is 1.80 bits per heavy atom. The van der Waals surface area contributed by atoms with Crippen molar-refractivity contribution in [1.82, 2.24) is 20.8 Å². The maximum atomic E-state index is 12.3. The van der Waals surface area contributed by atoms with Crippen LogP contribution in [-0.2, 0) is 14.4 Å². The van der Waals surface area contributed by atoms with Gasteiger partial charge in [0.1, 0.15) is 12.1 Å². The number of primary amides is 1. The van der Waals surface area contributed by atoms with Gasteiger partial charge >= 0.3 is 18.0 Å². The van der Waals surface area contributed by atoms with E-state index in [0.29, 0.717) is 6.42 Å². The number of hydrogen-bond donors (Lipinski definition) is 6. The van der Waals surface area contributed by atoms with E-state index < -0.39 is 48.4 Å². The maximum Gasteiger partial charge on any atom is 0.326 e. The highest BCUT2D eigenvalue weighted by molar-refractivity contribution is 5.83. The standard InChI is InChI=1S/C17H28N6O7/c1-3-8(2)13(15-22-14(23-30-15)9(18)4-6-11(19)24)21-17(29)20-10(16(27)28)5-7-12(25)26/h8-10,13H,3-7,18H2,1-2H3,(H2,19,24)(H,25,26)(H,27,28)(H2,20,21,29)/t8?,9-,10-,13-/m0/s1. The number of nitrogens with one attached hydrogen (secondary N) is 2. The number of hydrogen-bond acceptors (Lipinski definition) is 8. The van der Waals surface area contributed by atoms with E-state index in [1.165, 1.54) is 0 Å². The lowest BCUT2D eigenvalue weighted by atomic mass is 9.99. The Hall–Kier alpha value is -3.22. The molecule has 30 heavy (non-hydrogen) atoms. The lowest BCUT2D eigenvalue weighted by Crippen LogP contribution is -2.48. The van der Waals surface area contributed by atoms with E-state index in [0.717, 1.165) is 0 Å². The van der Waals surface area contributed by atoms with Crippen LogP contribution in [0.5, 0.6) is 0 Å². The summed E-state index contributed by atoms with van der Waals surface area (Å²) in [6, 6.07) is -3.63. The highest BCUT2D eigenvalue weighted by atomic mass is 16.5. The normalized spacial score (nSPS) is 14.9. The number of nitrogens with two attached hydrogens (primary N) is 2. The van der Waals surface area contributed by atoms with Gasteiger partial charge in [-0.15, -0.1) is 0 Å². The van der Waals surface area contributed by atoms with E-state index in [4.69, 9.17) is 21.1 Å². The molecule has 13 nitrogen and oxygen atoms in total. The molecule has 0 aliphatic heterocycles. The Balaban J connectivity index is 2.87. The highest BCUT2D eigenvalue weighted by Crippen LogP contribution is 2.24. The van der Waals surface area contributed by atoms with Crippen molar-refractivity contribution in [2.24, 2.45) is 17.4 Å². The van der Waals surface area contributed by atoms with Gasteiger partial charge in [0, 0.05) is 12.8 Å². The molecule has 0 saturated carbocycles. The molecule has 1 aromatic heterocycles.